The van der Waals surface area contributed by atoms with Crippen LogP contribution in [0.4, 0.5) is 21.6 Å². The molecule has 2 aromatic carbocycles. The predicted molar refractivity (Wildman–Crippen MR) is 157 cm³/mol. The van der Waals surface area contributed by atoms with Crippen molar-refractivity contribution >= 4 is 56.6 Å². The molecular formula is C28H34FIN6O. The molecule has 196 valence electrons. The third-order valence-corrected chi connectivity index (χ3v) is 8.27. The van der Waals surface area contributed by atoms with Crippen LogP contribution in [0.3, 0.4) is 0 Å². The number of likely N-dealkylation sites (tertiary alicyclic amines) is 1. The molecule has 0 unspecified atom stereocenters. The van der Waals surface area contributed by atoms with Crippen molar-refractivity contribution in [1.82, 2.24) is 19.8 Å². The molecule has 1 saturated heterocycles. The molecule has 0 atom stereocenters. The topological polar surface area (TPSA) is 73.4 Å². The average Bonchev–Trinajstić information content (AvgIpc) is 2.89. The van der Waals surface area contributed by atoms with Gasteiger partial charge in [-0.1, -0.05) is 29.2 Å². The van der Waals surface area contributed by atoms with E-state index in [4.69, 9.17) is 0 Å². The van der Waals surface area contributed by atoms with Crippen molar-refractivity contribution in [2.45, 2.75) is 42.7 Å². The van der Waals surface area contributed by atoms with Gasteiger partial charge in [0.15, 0.2) is 0 Å². The Hall–Kier alpha value is -2.63. The summed E-state index contributed by atoms with van der Waals surface area (Å²) in [6, 6.07) is 9.31. The average molecular weight is 617 g/mol. The first kappa shape index (κ1) is 27.4. The minimum Gasteiger partial charge on any atom is -0.340 e. The van der Waals surface area contributed by atoms with Gasteiger partial charge >= 0.3 is 0 Å². The fourth-order valence-electron chi connectivity index (χ4n) is 4.92. The zero-order valence-electron chi connectivity index (χ0n) is 21.8. The summed E-state index contributed by atoms with van der Waals surface area (Å²) in [7, 11) is 4.32. The smallest absolute Gasteiger partial charge is 0.247 e. The molecule has 1 aliphatic heterocycles. The molecule has 1 fully saturated rings. The van der Waals surface area contributed by atoms with Crippen molar-refractivity contribution in [2.24, 2.45) is 0 Å². The summed E-state index contributed by atoms with van der Waals surface area (Å²) in [6.07, 6.45) is 4.97. The lowest BCUT2D eigenvalue weighted by Crippen LogP contribution is -2.49. The van der Waals surface area contributed by atoms with E-state index in [-0.39, 0.29) is 17.3 Å². The number of fused-ring (bicyclic) bond motifs is 1. The number of rotatable bonds is 8. The fourth-order valence-corrected chi connectivity index (χ4v) is 5.50. The Labute approximate surface area is 231 Å². The standard InChI is InChI=1S/C28H34FIN6O/c1-6-26(37)34-25-14-21-24(15-22(25)28(2,3)36(5)20-9-11-35(4)12-10-20)31-17-32-27(21)33-19-7-8-23(29)18(13-19)16-30/h6-8,13-15,17,20H,1,9-12,16H2,2-5H3,(H,34,37)(H,31,32,33). The van der Waals surface area contributed by atoms with Gasteiger partial charge in [0.05, 0.1) is 5.52 Å². The maximum absolute atomic E-state index is 14.0. The number of halogens is 2. The van der Waals surface area contributed by atoms with Crippen molar-refractivity contribution in [1.29, 1.82) is 0 Å². The molecule has 3 aromatic rings. The molecule has 0 spiro atoms. The highest BCUT2D eigenvalue weighted by Gasteiger charge is 2.35. The summed E-state index contributed by atoms with van der Waals surface area (Å²) in [4.78, 5) is 26.2. The number of anilines is 3. The number of alkyl halides is 1. The highest BCUT2D eigenvalue weighted by atomic mass is 127. The number of carbonyl (C=O) groups is 1. The number of nitrogens with zero attached hydrogens (tertiary/aromatic N) is 4. The van der Waals surface area contributed by atoms with Crippen molar-refractivity contribution < 1.29 is 9.18 Å². The Kier molecular flexibility index (Phi) is 8.45. The van der Waals surface area contributed by atoms with E-state index in [0.717, 1.165) is 48.1 Å². The van der Waals surface area contributed by atoms with Crippen LogP contribution in [0.1, 0.15) is 37.8 Å². The van der Waals surface area contributed by atoms with E-state index in [2.05, 4.69) is 87.5 Å². The van der Waals surface area contributed by atoms with Gasteiger partial charge in [-0.05, 0) is 101 Å². The van der Waals surface area contributed by atoms with Crippen LogP contribution in [0, 0.1) is 5.82 Å². The maximum Gasteiger partial charge on any atom is 0.247 e. The molecule has 1 aromatic heterocycles. The Morgan fingerprint density at radius 2 is 2.00 bits per heavy atom. The molecule has 7 nitrogen and oxygen atoms in total. The SMILES string of the molecule is C=CC(=O)Nc1cc2c(Nc3ccc(F)c(CI)c3)ncnc2cc1C(C)(C)N(C)C1CCN(C)CC1. The van der Waals surface area contributed by atoms with Crippen molar-refractivity contribution in [3.63, 3.8) is 0 Å². The number of hydrogen-bond donors (Lipinski definition) is 2. The maximum atomic E-state index is 14.0. The van der Waals surface area contributed by atoms with Crippen LogP contribution in [-0.2, 0) is 14.8 Å². The first-order valence-corrected chi connectivity index (χ1v) is 13.9. The molecule has 2 heterocycles. The number of aromatic nitrogens is 2. The van der Waals surface area contributed by atoms with E-state index in [1.165, 1.54) is 18.5 Å². The first-order chi connectivity index (χ1) is 17.6. The van der Waals surface area contributed by atoms with Crippen LogP contribution in [0.15, 0.2) is 49.3 Å². The summed E-state index contributed by atoms with van der Waals surface area (Å²) in [6.45, 7) is 10.1. The quantitative estimate of drug-likeness (QED) is 0.189. The van der Waals surface area contributed by atoms with Gasteiger partial charge in [-0.15, -0.1) is 0 Å². The minimum absolute atomic E-state index is 0.234. The zero-order valence-corrected chi connectivity index (χ0v) is 24.0. The molecule has 37 heavy (non-hydrogen) atoms. The third kappa shape index (κ3) is 5.94. The van der Waals surface area contributed by atoms with Gasteiger partial charge in [0.25, 0.3) is 0 Å². The van der Waals surface area contributed by atoms with E-state index >= 15 is 0 Å². The zero-order chi connectivity index (χ0) is 26.7. The molecule has 0 radical (unpaired) electrons. The first-order valence-electron chi connectivity index (χ1n) is 12.4. The van der Waals surface area contributed by atoms with Gasteiger partial charge in [-0.25, -0.2) is 14.4 Å². The molecular weight excluding hydrogens is 582 g/mol. The Morgan fingerprint density at radius 3 is 2.68 bits per heavy atom. The van der Waals surface area contributed by atoms with Gasteiger partial charge in [0.1, 0.15) is 18.0 Å². The van der Waals surface area contributed by atoms with Gasteiger partial charge in [0.2, 0.25) is 5.91 Å². The van der Waals surface area contributed by atoms with Gasteiger partial charge in [0, 0.05) is 32.8 Å². The Balaban J connectivity index is 1.77. The number of nitrogens with one attached hydrogen (secondary N) is 2. The van der Waals surface area contributed by atoms with Crippen molar-refractivity contribution in [2.75, 3.05) is 37.8 Å². The van der Waals surface area contributed by atoms with E-state index in [9.17, 15) is 9.18 Å². The van der Waals surface area contributed by atoms with Crippen LogP contribution in [0.5, 0.6) is 0 Å². The molecule has 2 N–H and O–H groups in total. The highest BCUT2D eigenvalue weighted by Crippen LogP contribution is 2.39. The van der Waals surface area contributed by atoms with E-state index in [1.807, 2.05) is 12.1 Å². The summed E-state index contributed by atoms with van der Waals surface area (Å²) in [5.74, 6) is 0.0654. The van der Waals surface area contributed by atoms with Crippen LogP contribution < -0.4 is 10.6 Å². The second kappa shape index (κ2) is 11.4. The minimum atomic E-state index is -0.386. The third-order valence-electron chi connectivity index (χ3n) is 7.45. The monoisotopic (exact) mass is 616 g/mol. The second-order valence-corrected chi connectivity index (χ2v) is 10.9. The van der Waals surface area contributed by atoms with Crippen molar-refractivity contribution in [3.8, 4) is 0 Å². The number of carbonyl (C=O) groups excluding carboxylic acids is 1. The molecule has 1 amide bonds. The Morgan fingerprint density at radius 1 is 1.27 bits per heavy atom. The number of benzene rings is 2. The number of amides is 1. The van der Waals surface area contributed by atoms with Gasteiger partial charge in [-0.2, -0.15) is 0 Å². The van der Waals surface area contributed by atoms with E-state index in [1.54, 1.807) is 12.1 Å². The normalized spacial score (nSPS) is 15.2. The van der Waals surface area contributed by atoms with Gasteiger partial charge in [-0.3, -0.25) is 9.69 Å². The lowest BCUT2D eigenvalue weighted by molar-refractivity contribution is -0.111. The lowest BCUT2D eigenvalue weighted by Gasteiger charge is -2.45. The molecule has 9 heteroatoms. The molecule has 1 aliphatic rings. The summed E-state index contributed by atoms with van der Waals surface area (Å²) < 4.78 is 14.6. The molecule has 4 rings (SSSR count). The van der Waals surface area contributed by atoms with Crippen LogP contribution in [0.2, 0.25) is 0 Å². The van der Waals surface area contributed by atoms with E-state index < -0.39 is 0 Å². The largest absolute Gasteiger partial charge is 0.340 e. The summed E-state index contributed by atoms with van der Waals surface area (Å²) >= 11 is 2.14. The van der Waals surface area contributed by atoms with E-state index in [0.29, 0.717) is 27.5 Å². The number of hydrogen-bond acceptors (Lipinski definition) is 6. The summed E-state index contributed by atoms with van der Waals surface area (Å²) in [5, 5.41) is 7.08. The molecule has 0 bridgehead atoms. The lowest BCUT2D eigenvalue weighted by atomic mass is 9.87. The highest BCUT2D eigenvalue weighted by molar-refractivity contribution is 14.1. The van der Waals surface area contributed by atoms with Crippen LogP contribution >= 0.6 is 22.6 Å². The summed E-state index contributed by atoms with van der Waals surface area (Å²) in [5.41, 5.74) is 3.37. The van der Waals surface area contributed by atoms with Crippen molar-refractivity contribution in [3.05, 3.63) is 66.3 Å². The molecule has 0 aliphatic carbocycles. The second-order valence-electron chi connectivity index (χ2n) is 10.1. The van der Waals surface area contributed by atoms with Gasteiger partial charge < -0.3 is 15.5 Å². The predicted octanol–water partition coefficient (Wildman–Crippen LogP) is 5.83. The fraction of sp³-hybridized carbons (Fsp3) is 0.393. The molecule has 0 saturated carbocycles. The van der Waals surface area contributed by atoms with Crippen LogP contribution in [-0.4, -0.2) is 58.9 Å². The van der Waals surface area contributed by atoms with Crippen LogP contribution in [0.25, 0.3) is 10.9 Å². The number of piperidine rings is 1. The Bertz CT molecular complexity index is 1310.